The Morgan fingerprint density at radius 2 is 2.19 bits per heavy atom. The first-order chi connectivity index (χ1) is 10.2. The number of benzene rings is 1. The molecule has 21 heavy (non-hydrogen) atoms. The van der Waals surface area contributed by atoms with Crippen LogP contribution < -0.4 is 10.1 Å². The van der Waals surface area contributed by atoms with Crippen molar-refractivity contribution in [2.45, 2.75) is 19.8 Å². The number of hydrogen-bond donors (Lipinski definition) is 1. The lowest BCUT2D eigenvalue weighted by atomic mass is 10.1. The van der Waals surface area contributed by atoms with Crippen LogP contribution in [0, 0.1) is 10.1 Å². The molecule has 0 saturated carbocycles. The van der Waals surface area contributed by atoms with Crippen molar-refractivity contribution in [2.24, 2.45) is 0 Å². The lowest BCUT2D eigenvalue weighted by molar-refractivity contribution is -0.383. The molecule has 0 atom stereocenters. The van der Waals surface area contributed by atoms with Crippen LogP contribution in [0.25, 0.3) is 10.9 Å². The zero-order valence-corrected chi connectivity index (χ0v) is 12.0. The summed E-state index contributed by atoms with van der Waals surface area (Å²) < 4.78 is 5.73. The van der Waals surface area contributed by atoms with E-state index in [1.54, 1.807) is 24.4 Å². The number of nitro groups is 1. The zero-order valence-electron chi connectivity index (χ0n) is 12.0. The molecule has 1 aromatic carbocycles. The molecular weight excluding hydrogens is 270 g/mol. The molecule has 1 N–H and O–H groups in total. The molecule has 112 valence electrons. The molecule has 0 radical (unpaired) electrons. The monoisotopic (exact) mass is 289 g/mol. The first-order valence-corrected chi connectivity index (χ1v) is 7.09. The Morgan fingerprint density at radius 3 is 2.95 bits per heavy atom. The van der Waals surface area contributed by atoms with E-state index < -0.39 is 4.92 Å². The minimum Gasteiger partial charge on any atom is -0.493 e. The fourth-order valence-electron chi connectivity index (χ4n) is 2.09. The Morgan fingerprint density at radius 1 is 1.33 bits per heavy atom. The third-order valence-corrected chi connectivity index (χ3v) is 3.09. The first kappa shape index (κ1) is 15.2. The smallest absolute Gasteiger partial charge is 0.295 e. The van der Waals surface area contributed by atoms with E-state index in [0.29, 0.717) is 23.3 Å². The Labute approximate surface area is 123 Å². The predicted molar refractivity (Wildman–Crippen MR) is 81.7 cm³/mol. The highest BCUT2D eigenvalue weighted by Crippen LogP contribution is 2.31. The predicted octanol–water partition coefficient (Wildman–Crippen LogP) is 2.91. The minimum atomic E-state index is -0.423. The number of nitrogens with one attached hydrogen (secondary N) is 1. The molecule has 1 aromatic heterocycles. The summed E-state index contributed by atoms with van der Waals surface area (Å²) in [5, 5.41) is 15.0. The maximum atomic E-state index is 11.0. The van der Waals surface area contributed by atoms with Gasteiger partial charge in [-0.05, 0) is 44.1 Å². The molecule has 0 fully saturated rings. The topological polar surface area (TPSA) is 77.3 Å². The number of hydrogen-bond acceptors (Lipinski definition) is 5. The van der Waals surface area contributed by atoms with Crippen LogP contribution in [0.4, 0.5) is 5.69 Å². The standard InChI is InChI=1S/C15H19N3O3/c1-2-8-16-9-4-11-21-14-7-6-13(18(19)20)15-12(14)5-3-10-17-15/h3,5-7,10,16H,2,4,8-9,11H2,1H3. The minimum absolute atomic E-state index is 0.00237. The van der Waals surface area contributed by atoms with Gasteiger partial charge in [0.2, 0.25) is 0 Å². The summed E-state index contributed by atoms with van der Waals surface area (Å²) >= 11 is 0. The van der Waals surface area contributed by atoms with Crippen molar-refractivity contribution in [3.8, 4) is 5.75 Å². The van der Waals surface area contributed by atoms with Gasteiger partial charge < -0.3 is 10.1 Å². The number of ether oxygens (including phenoxy) is 1. The van der Waals surface area contributed by atoms with E-state index in [4.69, 9.17) is 4.74 Å². The maximum Gasteiger partial charge on any atom is 0.295 e. The van der Waals surface area contributed by atoms with Gasteiger partial charge in [-0.1, -0.05) is 6.92 Å². The van der Waals surface area contributed by atoms with E-state index in [9.17, 15) is 10.1 Å². The number of nitro benzene ring substituents is 1. The van der Waals surface area contributed by atoms with Crippen LogP contribution >= 0.6 is 0 Å². The summed E-state index contributed by atoms with van der Waals surface area (Å²) in [6.45, 7) is 4.60. The number of rotatable bonds is 8. The SMILES string of the molecule is CCCNCCCOc1ccc([N+](=O)[O-])c2ncccc12. The van der Waals surface area contributed by atoms with Gasteiger partial charge in [-0.2, -0.15) is 0 Å². The van der Waals surface area contributed by atoms with Crippen LogP contribution in [-0.2, 0) is 0 Å². The van der Waals surface area contributed by atoms with Crippen LogP contribution in [0.3, 0.4) is 0 Å². The Bertz CT molecular complexity index is 616. The van der Waals surface area contributed by atoms with E-state index in [0.717, 1.165) is 25.9 Å². The molecule has 0 saturated heterocycles. The molecule has 2 aromatic rings. The molecule has 0 aliphatic heterocycles. The van der Waals surface area contributed by atoms with E-state index in [-0.39, 0.29) is 5.69 Å². The second kappa shape index (κ2) is 7.54. The fraction of sp³-hybridized carbons (Fsp3) is 0.400. The number of pyridine rings is 1. The lowest BCUT2D eigenvalue weighted by Gasteiger charge is -2.09. The second-order valence-electron chi connectivity index (χ2n) is 4.69. The summed E-state index contributed by atoms with van der Waals surface area (Å²) in [7, 11) is 0. The number of fused-ring (bicyclic) bond motifs is 1. The van der Waals surface area contributed by atoms with Crippen molar-refractivity contribution >= 4 is 16.6 Å². The quantitative estimate of drug-likeness (QED) is 0.459. The van der Waals surface area contributed by atoms with Gasteiger partial charge in [-0.15, -0.1) is 0 Å². The van der Waals surface area contributed by atoms with Gasteiger partial charge >= 0.3 is 0 Å². The Hall–Kier alpha value is -2.21. The van der Waals surface area contributed by atoms with E-state index in [1.807, 2.05) is 0 Å². The number of nitrogens with zero attached hydrogens (tertiary/aromatic N) is 2. The van der Waals surface area contributed by atoms with Crippen molar-refractivity contribution in [1.29, 1.82) is 0 Å². The molecule has 0 bridgehead atoms. The lowest BCUT2D eigenvalue weighted by Crippen LogP contribution is -2.18. The van der Waals surface area contributed by atoms with Gasteiger partial charge in [0.25, 0.3) is 5.69 Å². The van der Waals surface area contributed by atoms with Crippen molar-refractivity contribution in [2.75, 3.05) is 19.7 Å². The van der Waals surface area contributed by atoms with Crippen LogP contribution in [0.5, 0.6) is 5.75 Å². The number of aromatic nitrogens is 1. The zero-order chi connectivity index (χ0) is 15.1. The third-order valence-electron chi connectivity index (χ3n) is 3.09. The van der Waals surface area contributed by atoms with Crippen molar-refractivity contribution in [1.82, 2.24) is 10.3 Å². The number of non-ortho nitro benzene ring substituents is 1. The average Bonchev–Trinajstić information content (AvgIpc) is 2.50. The van der Waals surface area contributed by atoms with E-state index in [2.05, 4.69) is 17.2 Å². The van der Waals surface area contributed by atoms with Crippen molar-refractivity contribution < 1.29 is 9.66 Å². The van der Waals surface area contributed by atoms with Crippen molar-refractivity contribution in [3.63, 3.8) is 0 Å². The molecule has 1 heterocycles. The van der Waals surface area contributed by atoms with Gasteiger partial charge in [0, 0.05) is 17.6 Å². The molecule has 0 aliphatic rings. The molecule has 2 rings (SSSR count). The average molecular weight is 289 g/mol. The van der Waals surface area contributed by atoms with Crippen LogP contribution in [0.15, 0.2) is 30.5 Å². The highest BCUT2D eigenvalue weighted by molar-refractivity contribution is 5.91. The molecule has 0 unspecified atom stereocenters. The summed E-state index contributed by atoms with van der Waals surface area (Å²) in [6.07, 6.45) is 3.55. The molecule has 0 aliphatic carbocycles. The maximum absolute atomic E-state index is 11.0. The van der Waals surface area contributed by atoms with Crippen LogP contribution in [-0.4, -0.2) is 29.6 Å². The van der Waals surface area contributed by atoms with Gasteiger partial charge in [-0.25, -0.2) is 4.98 Å². The van der Waals surface area contributed by atoms with Gasteiger partial charge in [0.1, 0.15) is 5.75 Å². The normalized spacial score (nSPS) is 10.7. The highest BCUT2D eigenvalue weighted by atomic mass is 16.6. The summed E-state index contributed by atoms with van der Waals surface area (Å²) in [6, 6.07) is 6.63. The highest BCUT2D eigenvalue weighted by Gasteiger charge is 2.15. The van der Waals surface area contributed by atoms with Crippen LogP contribution in [0.2, 0.25) is 0 Å². The Balaban J connectivity index is 2.07. The summed E-state index contributed by atoms with van der Waals surface area (Å²) in [4.78, 5) is 14.7. The van der Waals surface area contributed by atoms with Gasteiger partial charge in [-0.3, -0.25) is 10.1 Å². The molecule has 0 spiro atoms. The summed E-state index contributed by atoms with van der Waals surface area (Å²) in [5.74, 6) is 0.638. The van der Waals surface area contributed by atoms with Crippen LogP contribution in [0.1, 0.15) is 19.8 Å². The van der Waals surface area contributed by atoms with E-state index >= 15 is 0 Å². The van der Waals surface area contributed by atoms with Crippen molar-refractivity contribution in [3.05, 3.63) is 40.6 Å². The molecule has 0 amide bonds. The fourth-order valence-corrected chi connectivity index (χ4v) is 2.09. The third kappa shape index (κ3) is 3.88. The van der Waals surface area contributed by atoms with E-state index in [1.165, 1.54) is 6.07 Å². The van der Waals surface area contributed by atoms with Gasteiger partial charge in [0.15, 0.2) is 5.52 Å². The summed E-state index contributed by atoms with van der Waals surface area (Å²) in [5.41, 5.74) is 0.367. The molecule has 6 nitrogen and oxygen atoms in total. The van der Waals surface area contributed by atoms with Gasteiger partial charge in [0.05, 0.1) is 11.5 Å². The first-order valence-electron chi connectivity index (χ1n) is 7.09. The Kier molecular flexibility index (Phi) is 5.45. The molecule has 6 heteroatoms. The molecular formula is C15H19N3O3. The second-order valence-corrected chi connectivity index (χ2v) is 4.69. The largest absolute Gasteiger partial charge is 0.493 e.